The van der Waals surface area contributed by atoms with Crippen LogP contribution in [0.15, 0.2) is 0 Å². The highest BCUT2D eigenvalue weighted by Gasteiger charge is 1.87. The number of thiocarbonyl (C=S) groups is 2. The van der Waals surface area contributed by atoms with Crippen molar-refractivity contribution in [1.29, 1.82) is 0 Å². The van der Waals surface area contributed by atoms with Crippen LogP contribution in [0.3, 0.4) is 0 Å². The van der Waals surface area contributed by atoms with Crippen LogP contribution < -0.4 is 0 Å². The fraction of sp³-hybridized carbons (Fsp3) is 0.500. The monoisotopic (exact) mass is 132 g/mol. The molecule has 0 fully saturated rings. The minimum Gasteiger partial charge on any atom is -0.236 e. The smallest absolute Gasteiger partial charge is 0.0871 e. The fourth-order valence-electron chi connectivity index (χ4n) is 0.144. The third kappa shape index (κ3) is 3.98. The van der Waals surface area contributed by atoms with Crippen molar-refractivity contribution in [3.8, 4) is 0 Å². The number of hydrogen-bond acceptors (Lipinski definition) is 2. The van der Waals surface area contributed by atoms with E-state index in [1.165, 1.54) is 0 Å². The molecule has 0 saturated heterocycles. The molecule has 0 atom stereocenters. The van der Waals surface area contributed by atoms with Gasteiger partial charge in [0.1, 0.15) is 0 Å². The molecule has 7 heavy (non-hydrogen) atoms. The van der Waals surface area contributed by atoms with Crippen LogP contribution in [0.5, 0.6) is 0 Å². The zero-order valence-electron chi connectivity index (χ0n) is 3.64. The van der Waals surface area contributed by atoms with Crippen molar-refractivity contribution in [2.75, 3.05) is 6.61 Å². The van der Waals surface area contributed by atoms with E-state index in [9.17, 15) is 5.11 Å². The Kier molecular flexibility index (Phi) is 4.39. The van der Waals surface area contributed by atoms with Crippen LogP contribution in [0.4, 0.5) is 0 Å². The minimum atomic E-state index is -0.178. The van der Waals surface area contributed by atoms with Gasteiger partial charge in [0.2, 0.25) is 0 Å². The van der Waals surface area contributed by atoms with Crippen LogP contribution in [-0.2, 0) is 5.11 Å². The Morgan fingerprint density at radius 1 is 1.71 bits per heavy atom. The molecule has 0 bridgehead atoms. The molecule has 0 aliphatic rings. The zero-order valence-corrected chi connectivity index (χ0v) is 5.27. The highest BCUT2D eigenvalue weighted by atomic mass is 32.1. The van der Waals surface area contributed by atoms with E-state index in [4.69, 9.17) is 0 Å². The van der Waals surface area contributed by atoms with Crippen LogP contribution in [0.25, 0.3) is 0 Å². The van der Waals surface area contributed by atoms with Gasteiger partial charge in [0.05, 0.1) is 12.0 Å². The molecule has 1 nitrogen and oxygen atoms in total. The van der Waals surface area contributed by atoms with Gasteiger partial charge < -0.3 is 0 Å². The second kappa shape index (κ2) is 4.30. The molecular weight excluding hydrogens is 128 g/mol. The lowest BCUT2D eigenvalue weighted by molar-refractivity contribution is 0.203. The number of rotatable bonds is 3. The molecule has 3 heteroatoms. The third-order valence-electron chi connectivity index (χ3n) is 0.443. The summed E-state index contributed by atoms with van der Waals surface area (Å²) in [5.74, 6) is 0. The predicted molar refractivity (Wildman–Crippen MR) is 35.4 cm³/mol. The number of hydrogen-bond donors (Lipinski definition) is 0. The lowest BCUT2D eigenvalue weighted by atomic mass is 10.4. The first-order valence-corrected chi connectivity index (χ1v) is 2.62. The molecule has 0 aromatic heterocycles. The van der Waals surface area contributed by atoms with E-state index in [2.05, 4.69) is 29.8 Å². The molecule has 0 amide bonds. The fourth-order valence-corrected chi connectivity index (χ4v) is 0.329. The standard InChI is InChI=1S/C4H4OS2/c5-2-1-4(7)3-6/h1-2H2. The third-order valence-corrected chi connectivity index (χ3v) is 1.12. The summed E-state index contributed by atoms with van der Waals surface area (Å²) in [7, 11) is 0. The van der Waals surface area contributed by atoms with E-state index in [0.29, 0.717) is 11.3 Å². The molecule has 0 aliphatic carbocycles. The predicted octanol–water partition coefficient (Wildman–Crippen LogP) is 1.05. The first-order chi connectivity index (χ1) is 3.31. The topological polar surface area (TPSA) is 19.9 Å². The zero-order chi connectivity index (χ0) is 5.70. The summed E-state index contributed by atoms with van der Waals surface area (Å²) in [5.41, 5.74) is 0. The Bertz CT molecular complexity index is 79.8. The van der Waals surface area contributed by atoms with Gasteiger partial charge in [0.15, 0.2) is 0 Å². The van der Waals surface area contributed by atoms with Gasteiger partial charge in [0.25, 0.3) is 0 Å². The van der Waals surface area contributed by atoms with Gasteiger partial charge in [0, 0.05) is 11.3 Å². The van der Waals surface area contributed by atoms with Gasteiger partial charge in [-0.2, -0.15) is 0 Å². The molecule has 38 valence electrons. The van der Waals surface area contributed by atoms with Crippen molar-refractivity contribution >= 4 is 34.7 Å². The van der Waals surface area contributed by atoms with Crippen LogP contribution in [0.1, 0.15) is 6.42 Å². The Morgan fingerprint density at radius 3 is 2.43 bits per heavy atom. The molecule has 2 radical (unpaired) electrons. The molecule has 0 N–H and O–H groups in total. The maximum Gasteiger partial charge on any atom is 0.0871 e. The maximum atomic E-state index is 9.73. The van der Waals surface area contributed by atoms with Crippen LogP contribution in [-0.4, -0.2) is 16.8 Å². The second-order valence-electron chi connectivity index (χ2n) is 0.979. The lowest BCUT2D eigenvalue weighted by Gasteiger charge is -1.82. The van der Waals surface area contributed by atoms with E-state index in [1.54, 1.807) is 0 Å². The van der Waals surface area contributed by atoms with E-state index >= 15 is 0 Å². The molecule has 0 unspecified atom stereocenters. The summed E-state index contributed by atoms with van der Waals surface area (Å²) in [6.45, 7) is -0.178. The normalized spacial score (nSPS) is 8.14. The van der Waals surface area contributed by atoms with Gasteiger partial charge in [-0.05, 0) is 0 Å². The molecular formula is C4H4OS2. The largest absolute Gasteiger partial charge is 0.236 e. The molecule has 0 aliphatic heterocycles. The average molecular weight is 132 g/mol. The van der Waals surface area contributed by atoms with Gasteiger partial charge >= 0.3 is 0 Å². The van der Waals surface area contributed by atoms with Crippen LogP contribution in [0.2, 0.25) is 0 Å². The van der Waals surface area contributed by atoms with Crippen molar-refractivity contribution < 1.29 is 5.11 Å². The van der Waals surface area contributed by atoms with E-state index in [0.717, 1.165) is 0 Å². The summed E-state index contributed by atoms with van der Waals surface area (Å²) in [4.78, 5) is 0.463. The summed E-state index contributed by atoms with van der Waals surface area (Å²) in [5, 5.41) is 12.0. The van der Waals surface area contributed by atoms with Gasteiger partial charge in [-0.1, -0.05) is 24.4 Å². The van der Waals surface area contributed by atoms with Crippen LogP contribution >= 0.6 is 24.4 Å². The van der Waals surface area contributed by atoms with Crippen molar-refractivity contribution in [3.05, 3.63) is 0 Å². The first kappa shape index (κ1) is 7.14. The van der Waals surface area contributed by atoms with Crippen LogP contribution in [0, 0.1) is 0 Å². The Morgan fingerprint density at radius 2 is 2.29 bits per heavy atom. The van der Waals surface area contributed by atoms with Crippen molar-refractivity contribution in [3.63, 3.8) is 0 Å². The summed E-state index contributed by atoms with van der Waals surface area (Å²) >= 11 is 8.85. The SMILES string of the molecule is [O]CCC(=S)[C]=S. The quantitative estimate of drug-likeness (QED) is 0.535. The Labute approximate surface area is 53.3 Å². The van der Waals surface area contributed by atoms with E-state index in [-0.39, 0.29) is 6.61 Å². The molecule has 0 aromatic rings. The average Bonchev–Trinajstić information content (AvgIpc) is 1.68. The van der Waals surface area contributed by atoms with Gasteiger partial charge in [-0.25, -0.2) is 5.11 Å². The molecule has 0 rings (SSSR count). The summed E-state index contributed by atoms with van der Waals surface area (Å²) < 4.78 is 0. The maximum absolute atomic E-state index is 9.73. The second-order valence-corrected chi connectivity index (χ2v) is 1.68. The molecule has 0 aromatic carbocycles. The molecule has 0 spiro atoms. The molecule has 0 saturated carbocycles. The Hall–Kier alpha value is 0.140. The first-order valence-electron chi connectivity index (χ1n) is 1.80. The summed E-state index contributed by atoms with van der Waals surface area (Å²) in [6, 6.07) is 0. The van der Waals surface area contributed by atoms with E-state index < -0.39 is 0 Å². The highest BCUT2D eigenvalue weighted by Crippen LogP contribution is 1.80. The minimum absolute atomic E-state index is 0.178. The van der Waals surface area contributed by atoms with Crippen molar-refractivity contribution in [1.82, 2.24) is 0 Å². The lowest BCUT2D eigenvalue weighted by Crippen LogP contribution is -1.95. The van der Waals surface area contributed by atoms with Crippen molar-refractivity contribution in [2.45, 2.75) is 6.42 Å². The molecule has 0 heterocycles. The highest BCUT2D eigenvalue weighted by molar-refractivity contribution is 7.88. The van der Waals surface area contributed by atoms with Gasteiger partial charge in [-0.3, -0.25) is 0 Å². The van der Waals surface area contributed by atoms with Crippen molar-refractivity contribution in [2.24, 2.45) is 0 Å². The Balaban J connectivity index is 3.17. The summed E-state index contributed by atoms with van der Waals surface area (Å²) in [6.07, 6.45) is 0.360. The van der Waals surface area contributed by atoms with Gasteiger partial charge in [-0.15, -0.1) is 0 Å². The van der Waals surface area contributed by atoms with E-state index in [1.807, 2.05) is 0 Å².